The van der Waals surface area contributed by atoms with Crippen molar-refractivity contribution in [3.8, 4) is 11.5 Å². The van der Waals surface area contributed by atoms with Crippen molar-refractivity contribution in [3.05, 3.63) is 75.6 Å². The highest BCUT2D eigenvalue weighted by Gasteiger charge is 2.77. The van der Waals surface area contributed by atoms with Crippen LogP contribution < -0.4 is 4.74 Å². The number of benzene rings is 2. The van der Waals surface area contributed by atoms with Gasteiger partial charge in [-0.25, -0.2) is 0 Å². The molecule has 0 heterocycles. The summed E-state index contributed by atoms with van der Waals surface area (Å²) in [7, 11) is 0. The van der Waals surface area contributed by atoms with E-state index in [0.717, 1.165) is 12.5 Å². The summed E-state index contributed by atoms with van der Waals surface area (Å²) in [6.07, 6.45) is -2.10. The molecule has 0 radical (unpaired) electrons. The van der Waals surface area contributed by atoms with E-state index < -0.39 is 92.0 Å². The molecule has 0 saturated heterocycles. The number of Topliss-reactive ketones (excluding diaryl/α,β-unsaturated/α-hetero) is 3. The van der Waals surface area contributed by atoms with Crippen molar-refractivity contribution in [3.63, 3.8) is 0 Å². The summed E-state index contributed by atoms with van der Waals surface area (Å²) in [5.41, 5.74) is -6.60. The number of esters is 1. The summed E-state index contributed by atoms with van der Waals surface area (Å²) in [5.74, 6) is -8.33. The maximum absolute atomic E-state index is 14.5. The van der Waals surface area contributed by atoms with E-state index in [-0.39, 0.29) is 17.5 Å². The van der Waals surface area contributed by atoms with Gasteiger partial charge in [-0.05, 0) is 43.4 Å². The molecule has 6 atom stereocenters. The predicted octanol–water partition coefficient (Wildman–Crippen LogP) is 4.18. The molecule has 238 valence electrons. The summed E-state index contributed by atoms with van der Waals surface area (Å²) in [5, 5.41) is 58.9. The summed E-state index contributed by atoms with van der Waals surface area (Å²) in [4.78, 5) is 53.5. The third kappa shape index (κ3) is 4.08. The maximum atomic E-state index is 14.5. The largest absolute Gasteiger partial charge is 0.508 e. The van der Waals surface area contributed by atoms with Gasteiger partial charge in [0.2, 0.25) is 5.78 Å². The molecule has 2 aromatic rings. The second-order valence-corrected chi connectivity index (χ2v) is 13.3. The number of aliphatic hydroxyl groups excluding tert-OH is 3. The van der Waals surface area contributed by atoms with E-state index in [0.29, 0.717) is 11.3 Å². The van der Waals surface area contributed by atoms with Gasteiger partial charge in [0.15, 0.2) is 17.2 Å². The van der Waals surface area contributed by atoms with Crippen molar-refractivity contribution in [1.82, 2.24) is 0 Å². The lowest BCUT2D eigenvalue weighted by Gasteiger charge is -2.63. The van der Waals surface area contributed by atoms with Crippen molar-refractivity contribution < 1.29 is 49.4 Å². The number of fused-ring (bicyclic) bond motifs is 3. The topological polar surface area (TPSA) is 179 Å². The molecule has 3 aliphatic rings. The molecule has 5 N–H and O–H groups in total. The van der Waals surface area contributed by atoms with Crippen LogP contribution in [-0.2, 0) is 25.6 Å². The Balaban J connectivity index is 1.69. The predicted molar refractivity (Wildman–Crippen MR) is 162 cm³/mol. The van der Waals surface area contributed by atoms with Gasteiger partial charge in [-0.3, -0.25) is 19.2 Å². The van der Waals surface area contributed by atoms with Gasteiger partial charge in [0.1, 0.15) is 28.6 Å². The number of rotatable bonds is 5. The third-order valence-corrected chi connectivity index (χ3v) is 10.5. The van der Waals surface area contributed by atoms with E-state index >= 15 is 0 Å². The summed E-state index contributed by atoms with van der Waals surface area (Å²) in [6, 6.07) is 9.86. The number of phenolic OH excluding ortho intramolecular Hbond substituents is 1. The minimum atomic E-state index is -2.97. The number of hydrogen-bond acceptors (Lipinski definition) is 10. The smallest absolute Gasteiger partial charge is 0.315 e. The van der Waals surface area contributed by atoms with Crippen LogP contribution in [0.5, 0.6) is 11.5 Å². The fourth-order valence-electron chi connectivity index (χ4n) is 8.04. The van der Waals surface area contributed by atoms with E-state index in [9.17, 15) is 44.7 Å². The van der Waals surface area contributed by atoms with Crippen LogP contribution in [0.15, 0.2) is 53.3 Å². The van der Waals surface area contributed by atoms with Crippen molar-refractivity contribution >= 4 is 29.1 Å². The average molecular weight is 619 g/mol. The standard InChI is InChI=1S/C35H38O10/c1-15(2)25-28(39)23(18(5)36)30(41)35(44)31(42)26-29(40)24-21(17(4)33(26,6)32(43)34(25,35)7)13-10-19(27(24)38)14-22(37)45-20-11-8-16(3)9-12-20/h8-13,15,17,25,32,38,40-41,43-44H,14H2,1-7H3/t17-,25?,32-,33+,34+,35+/m1/s1. The van der Waals surface area contributed by atoms with Crippen LogP contribution in [0.1, 0.15) is 69.7 Å². The van der Waals surface area contributed by atoms with Gasteiger partial charge < -0.3 is 30.3 Å². The van der Waals surface area contributed by atoms with Gasteiger partial charge in [0.25, 0.3) is 0 Å². The van der Waals surface area contributed by atoms with Crippen LogP contribution in [0.4, 0.5) is 0 Å². The first-order chi connectivity index (χ1) is 20.9. The molecule has 5 rings (SSSR count). The van der Waals surface area contributed by atoms with Crippen LogP contribution in [-0.4, -0.2) is 60.6 Å². The Labute approximate surface area is 260 Å². The monoisotopic (exact) mass is 618 g/mol. The van der Waals surface area contributed by atoms with E-state index in [2.05, 4.69) is 0 Å². The molecule has 3 aliphatic carbocycles. The Hall–Kier alpha value is -4.28. The van der Waals surface area contributed by atoms with Crippen LogP contribution in [0.25, 0.3) is 5.76 Å². The fraction of sp³-hybridized carbons (Fsp3) is 0.429. The zero-order chi connectivity index (χ0) is 33.5. The first-order valence-corrected chi connectivity index (χ1v) is 14.9. The van der Waals surface area contributed by atoms with Crippen molar-refractivity contribution in [1.29, 1.82) is 0 Å². The van der Waals surface area contributed by atoms with Crippen molar-refractivity contribution in [2.45, 2.75) is 72.5 Å². The second-order valence-electron chi connectivity index (χ2n) is 13.3. The van der Waals surface area contributed by atoms with Crippen LogP contribution >= 0.6 is 0 Å². The molecule has 1 fully saturated rings. The first-order valence-electron chi connectivity index (χ1n) is 14.9. The highest BCUT2D eigenvalue weighted by atomic mass is 16.5. The lowest BCUT2D eigenvalue weighted by Crippen LogP contribution is -2.75. The number of phenols is 1. The number of ether oxygens (including phenoxy) is 1. The summed E-state index contributed by atoms with van der Waals surface area (Å²) < 4.78 is 5.38. The molecule has 2 aromatic carbocycles. The van der Waals surface area contributed by atoms with Gasteiger partial charge >= 0.3 is 5.97 Å². The Morgan fingerprint density at radius 2 is 1.60 bits per heavy atom. The first kappa shape index (κ1) is 32.1. The van der Waals surface area contributed by atoms with E-state index in [1.807, 2.05) is 6.92 Å². The zero-order valence-corrected chi connectivity index (χ0v) is 26.3. The number of carbonyl (C=O) groups excluding carboxylic acids is 4. The van der Waals surface area contributed by atoms with Crippen LogP contribution in [0.2, 0.25) is 0 Å². The molecular weight excluding hydrogens is 580 g/mol. The number of hydrogen-bond donors (Lipinski definition) is 5. The van der Waals surface area contributed by atoms with Gasteiger partial charge in [0, 0.05) is 22.3 Å². The minimum Gasteiger partial charge on any atom is -0.508 e. The Morgan fingerprint density at radius 3 is 2.16 bits per heavy atom. The molecule has 45 heavy (non-hydrogen) atoms. The molecule has 0 spiro atoms. The zero-order valence-electron chi connectivity index (χ0n) is 26.3. The van der Waals surface area contributed by atoms with E-state index in [1.54, 1.807) is 51.1 Å². The maximum Gasteiger partial charge on any atom is 0.315 e. The lowest BCUT2D eigenvalue weighted by atomic mass is 9.40. The van der Waals surface area contributed by atoms with E-state index in [1.165, 1.54) is 19.9 Å². The number of aromatic hydroxyl groups is 1. The normalized spacial score (nSPS) is 31.0. The second kappa shape index (κ2) is 10.4. The highest BCUT2D eigenvalue weighted by molar-refractivity contribution is 6.24. The van der Waals surface area contributed by atoms with Gasteiger partial charge in [-0.2, -0.15) is 0 Å². The highest BCUT2D eigenvalue weighted by Crippen LogP contribution is 2.67. The number of ketones is 3. The van der Waals surface area contributed by atoms with Crippen molar-refractivity contribution in [2.75, 3.05) is 0 Å². The number of allylic oxidation sites excluding steroid dienone is 1. The number of aryl methyl sites for hydroxylation is 1. The molecular formula is C35H38O10. The minimum absolute atomic E-state index is 0.0888. The molecule has 1 saturated carbocycles. The summed E-state index contributed by atoms with van der Waals surface area (Å²) >= 11 is 0. The molecule has 0 amide bonds. The number of carbonyl (C=O) groups is 4. The van der Waals surface area contributed by atoms with Gasteiger partial charge in [-0.1, -0.05) is 64.4 Å². The van der Waals surface area contributed by atoms with Crippen molar-refractivity contribution in [2.24, 2.45) is 22.7 Å². The van der Waals surface area contributed by atoms with E-state index in [4.69, 9.17) is 4.74 Å². The SMILES string of the molecule is CC(=O)C1=C(O)[C@]2(O)C(=O)C3=C(O)c4c(ccc(CC(=O)Oc5ccc(C)cc5)c4O)[C@@H](C)[C@]3(C)[C@@H](O)[C@]2(C)C(C(C)C)C1=O. The third-order valence-electron chi connectivity index (χ3n) is 10.5. The van der Waals surface area contributed by atoms with Gasteiger partial charge in [-0.15, -0.1) is 0 Å². The molecule has 0 aliphatic heterocycles. The molecule has 1 unspecified atom stereocenters. The molecule has 10 nitrogen and oxygen atoms in total. The molecule has 10 heteroatoms. The van der Waals surface area contributed by atoms with Gasteiger partial charge in [0.05, 0.1) is 23.7 Å². The molecule has 0 aromatic heterocycles. The lowest BCUT2D eigenvalue weighted by molar-refractivity contribution is -0.215. The fourth-order valence-corrected chi connectivity index (χ4v) is 8.04. The molecule has 0 bridgehead atoms. The van der Waals surface area contributed by atoms with Crippen LogP contribution in [0.3, 0.4) is 0 Å². The average Bonchev–Trinajstić information content (AvgIpc) is 2.95. The Kier molecular flexibility index (Phi) is 7.41. The Bertz CT molecular complexity index is 1730. The Morgan fingerprint density at radius 1 is 1.00 bits per heavy atom. The van der Waals surface area contributed by atoms with Crippen LogP contribution in [0, 0.1) is 29.6 Å². The summed E-state index contributed by atoms with van der Waals surface area (Å²) in [6.45, 7) is 10.7. The quantitative estimate of drug-likeness (QED) is 0.185. The number of aliphatic hydroxyl groups is 4.